The first-order valence-electron chi connectivity index (χ1n) is 15.7. The molecular weight excluding hydrogens is 592 g/mol. The Morgan fingerprint density at radius 2 is 1.82 bits per heavy atom. The van der Waals surface area contributed by atoms with Crippen LogP contribution >= 0.6 is 11.6 Å². The summed E-state index contributed by atoms with van der Waals surface area (Å²) < 4.78 is 11.3. The van der Waals surface area contributed by atoms with Crippen LogP contribution in [0.2, 0.25) is 5.02 Å². The molecule has 0 aromatic heterocycles. The van der Waals surface area contributed by atoms with Crippen LogP contribution in [0, 0.1) is 0 Å². The molecule has 0 saturated carbocycles. The van der Waals surface area contributed by atoms with Crippen LogP contribution < -0.4 is 15.2 Å². The van der Waals surface area contributed by atoms with Crippen LogP contribution in [0.25, 0.3) is 10.8 Å². The molecule has 10 heteroatoms. The van der Waals surface area contributed by atoms with Crippen LogP contribution in [-0.2, 0) is 22.4 Å². The minimum Gasteiger partial charge on any atom is -0.496 e. The van der Waals surface area contributed by atoms with Gasteiger partial charge in [-0.1, -0.05) is 67.4 Å². The molecule has 2 amide bonds. The highest BCUT2D eigenvalue weighted by Gasteiger charge is 2.38. The second kappa shape index (κ2) is 16.1. The molecule has 1 aliphatic rings. The average Bonchev–Trinajstić information content (AvgIpc) is 3.05. The van der Waals surface area contributed by atoms with Crippen molar-refractivity contribution in [1.29, 1.82) is 0 Å². The zero-order valence-corrected chi connectivity index (χ0v) is 27.5. The molecule has 4 rings (SSSR count). The lowest BCUT2D eigenvalue weighted by Crippen LogP contribution is -2.62. The van der Waals surface area contributed by atoms with Gasteiger partial charge in [-0.2, -0.15) is 0 Å². The molecule has 1 aliphatic heterocycles. The minimum atomic E-state index is -0.837. The Kier molecular flexibility index (Phi) is 12.2. The van der Waals surface area contributed by atoms with E-state index in [9.17, 15) is 14.4 Å². The maximum atomic E-state index is 13.8. The van der Waals surface area contributed by atoms with E-state index in [1.54, 1.807) is 18.1 Å². The van der Waals surface area contributed by atoms with Gasteiger partial charge >= 0.3 is 6.09 Å². The second-order valence-electron chi connectivity index (χ2n) is 11.8. The number of methoxy groups -OCH3 is 1. The van der Waals surface area contributed by atoms with Gasteiger partial charge in [-0.25, -0.2) is 4.79 Å². The van der Waals surface area contributed by atoms with E-state index in [1.165, 1.54) is 4.90 Å². The largest absolute Gasteiger partial charge is 0.496 e. The van der Waals surface area contributed by atoms with E-state index >= 15 is 0 Å². The van der Waals surface area contributed by atoms with Crippen molar-refractivity contribution in [2.75, 3.05) is 47.4 Å². The van der Waals surface area contributed by atoms with E-state index in [1.807, 2.05) is 62.6 Å². The third-order valence-electron chi connectivity index (χ3n) is 8.40. The number of Topliss-reactive ketones (excluding diaryl/α,β-unsaturated/α-hetero) is 1. The summed E-state index contributed by atoms with van der Waals surface area (Å²) in [5.74, 6) is 0.630. The highest BCUT2D eigenvalue weighted by Crippen LogP contribution is 2.33. The second-order valence-corrected chi connectivity index (χ2v) is 12.2. The Hall–Kier alpha value is -3.66. The molecule has 45 heavy (non-hydrogen) atoms. The Balaban J connectivity index is 1.48. The molecule has 2 atom stereocenters. The normalized spacial score (nSPS) is 15.8. The van der Waals surface area contributed by atoms with Crippen LogP contribution in [0.5, 0.6) is 11.5 Å². The minimum absolute atomic E-state index is 0.0139. The molecule has 0 spiro atoms. The number of amides is 2. The van der Waals surface area contributed by atoms with Crippen molar-refractivity contribution >= 4 is 40.2 Å². The number of nitrogens with two attached hydrogens (primary N) is 1. The Morgan fingerprint density at radius 1 is 1.04 bits per heavy atom. The summed E-state index contributed by atoms with van der Waals surface area (Å²) in [5.41, 5.74) is 8.42. The number of nitrogens with zero attached hydrogens (tertiary/aromatic N) is 3. The Labute approximate surface area is 271 Å². The van der Waals surface area contributed by atoms with Crippen molar-refractivity contribution in [2.24, 2.45) is 5.73 Å². The van der Waals surface area contributed by atoms with E-state index in [4.69, 9.17) is 26.8 Å². The van der Waals surface area contributed by atoms with E-state index in [-0.39, 0.29) is 43.5 Å². The Morgan fingerprint density at radius 3 is 2.56 bits per heavy atom. The molecule has 0 unspecified atom stereocenters. The van der Waals surface area contributed by atoms with Crippen molar-refractivity contribution in [1.82, 2.24) is 14.7 Å². The monoisotopic (exact) mass is 636 g/mol. The van der Waals surface area contributed by atoms with Gasteiger partial charge in [0.05, 0.1) is 24.7 Å². The summed E-state index contributed by atoms with van der Waals surface area (Å²) in [5, 5.41) is 2.05. The highest BCUT2D eigenvalue weighted by molar-refractivity contribution is 6.37. The molecule has 0 aliphatic carbocycles. The summed E-state index contributed by atoms with van der Waals surface area (Å²) >= 11 is 6.58. The molecule has 2 N–H and O–H groups in total. The SMILES string of the molecule is CCc1ccc(CCC(=O)[C@@H]2CN(C(=O)Oc3ccc4ccccc4c3Cl)CCN2C(=O)[C@H](N)CCCCN(C)C)cc1OC. The quantitative estimate of drug-likeness (QED) is 0.253. The van der Waals surface area contributed by atoms with Gasteiger partial charge in [0.1, 0.15) is 11.8 Å². The van der Waals surface area contributed by atoms with Crippen molar-refractivity contribution in [3.05, 3.63) is 70.7 Å². The number of ether oxygens (including phenoxy) is 2. The van der Waals surface area contributed by atoms with Crippen LogP contribution in [0.15, 0.2) is 54.6 Å². The fourth-order valence-corrected chi connectivity index (χ4v) is 6.01. The van der Waals surface area contributed by atoms with Gasteiger partial charge in [0.15, 0.2) is 11.5 Å². The van der Waals surface area contributed by atoms with E-state index in [2.05, 4.69) is 11.8 Å². The fourth-order valence-electron chi connectivity index (χ4n) is 5.74. The first kappa shape index (κ1) is 34.2. The highest BCUT2D eigenvalue weighted by atomic mass is 35.5. The molecule has 1 heterocycles. The zero-order valence-electron chi connectivity index (χ0n) is 26.8. The van der Waals surface area contributed by atoms with Crippen LogP contribution in [0.4, 0.5) is 4.79 Å². The molecule has 0 bridgehead atoms. The molecule has 3 aromatic carbocycles. The van der Waals surface area contributed by atoms with Crippen molar-refractivity contribution < 1.29 is 23.9 Å². The number of halogens is 1. The fraction of sp³-hybridized carbons (Fsp3) is 0.457. The summed E-state index contributed by atoms with van der Waals surface area (Å²) in [6, 6.07) is 15.5. The van der Waals surface area contributed by atoms with Gasteiger partial charge in [-0.05, 0) is 75.0 Å². The maximum Gasteiger partial charge on any atom is 0.415 e. The lowest BCUT2D eigenvalue weighted by atomic mass is 9.98. The predicted molar refractivity (Wildman–Crippen MR) is 178 cm³/mol. The summed E-state index contributed by atoms with van der Waals surface area (Å²) in [4.78, 5) is 45.8. The number of unbranched alkanes of at least 4 members (excludes halogenated alkanes) is 1. The van der Waals surface area contributed by atoms with Crippen LogP contribution in [0.1, 0.15) is 43.7 Å². The van der Waals surface area contributed by atoms with Crippen molar-refractivity contribution in [3.63, 3.8) is 0 Å². The number of aryl methyl sites for hydroxylation is 2. The number of hydrogen-bond donors (Lipinski definition) is 1. The van der Waals surface area contributed by atoms with Gasteiger partial charge in [0, 0.05) is 24.9 Å². The average molecular weight is 637 g/mol. The van der Waals surface area contributed by atoms with Crippen molar-refractivity contribution in [3.8, 4) is 11.5 Å². The number of piperazine rings is 1. The van der Waals surface area contributed by atoms with Crippen LogP contribution in [0.3, 0.4) is 0 Å². The molecule has 3 aromatic rings. The molecule has 9 nitrogen and oxygen atoms in total. The molecule has 1 saturated heterocycles. The number of carbonyl (C=O) groups is 3. The van der Waals surface area contributed by atoms with Crippen molar-refractivity contribution in [2.45, 2.75) is 57.5 Å². The number of hydrogen-bond acceptors (Lipinski definition) is 7. The number of rotatable bonds is 13. The predicted octanol–water partition coefficient (Wildman–Crippen LogP) is 5.34. The number of carbonyl (C=O) groups excluding carboxylic acids is 3. The van der Waals surface area contributed by atoms with Gasteiger partial charge < -0.3 is 29.9 Å². The Bertz CT molecular complexity index is 1500. The standard InChI is InChI=1S/C35H45ClN4O5/c1-5-25-15-13-24(22-32(25)44-4)14-17-30(41)29-23-39(20-21-40(29)34(42)28(37)12-8-9-19-38(2)3)35(43)45-31-18-16-26-10-6-7-11-27(26)33(31)36/h6-7,10-11,13,15-16,18,22,28-29H,5,8-9,12,14,17,19-21,23,37H2,1-4H3/t28-,29+/m1/s1. The molecule has 0 radical (unpaired) electrons. The first-order valence-corrected chi connectivity index (χ1v) is 16.0. The molecule has 242 valence electrons. The van der Waals surface area contributed by atoms with E-state index in [0.717, 1.165) is 53.5 Å². The summed E-state index contributed by atoms with van der Waals surface area (Å²) in [6.07, 6.45) is 3.15. The molecular formula is C35H45ClN4O5. The van der Waals surface area contributed by atoms with Crippen LogP contribution in [-0.4, -0.2) is 92.0 Å². The maximum absolute atomic E-state index is 13.8. The number of ketones is 1. The smallest absolute Gasteiger partial charge is 0.415 e. The summed E-state index contributed by atoms with van der Waals surface area (Å²) in [6.45, 7) is 3.38. The lowest BCUT2D eigenvalue weighted by Gasteiger charge is -2.41. The van der Waals surface area contributed by atoms with E-state index < -0.39 is 18.2 Å². The van der Waals surface area contributed by atoms with Gasteiger partial charge in [0.25, 0.3) is 0 Å². The zero-order chi connectivity index (χ0) is 32.5. The van der Waals surface area contributed by atoms with Gasteiger partial charge in [-0.15, -0.1) is 0 Å². The number of fused-ring (bicyclic) bond motifs is 1. The summed E-state index contributed by atoms with van der Waals surface area (Å²) in [7, 11) is 5.65. The van der Waals surface area contributed by atoms with E-state index in [0.29, 0.717) is 17.9 Å². The lowest BCUT2D eigenvalue weighted by molar-refractivity contribution is -0.143. The first-order chi connectivity index (χ1) is 21.6. The topological polar surface area (TPSA) is 105 Å². The third-order valence-corrected chi connectivity index (χ3v) is 8.79. The molecule has 1 fully saturated rings. The number of benzene rings is 3. The van der Waals surface area contributed by atoms with Gasteiger partial charge in [-0.3, -0.25) is 9.59 Å². The third kappa shape index (κ3) is 8.75. The van der Waals surface area contributed by atoms with Gasteiger partial charge in [0.2, 0.25) is 5.91 Å².